The second kappa shape index (κ2) is 6.48. The SMILES string of the molecule is COC(=O)c1ccc(F)c(-c2c(F)cc(C3(O)CCCC3)cc2F)n1. The minimum atomic E-state index is -1.28. The molecule has 132 valence electrons. The number of carbonyl (C=O) groups excluding carboxylic acids is 1. The highest BCUT2D eigenvalue weighted by molar-refractivity contribution is 5.87. The molecule has 0 amide bonds. The number of halogens is 3. The Morgan fingerprint density at radius 1 is 1.12 bits per heavy atom. The minimum absolute atomic E-state index is 0.119. The fraction of sp³-hybridized carbons (Fsp3) is 0.333. The summed E-state index contributed by atoms with van der Waals surface area (Å²) in [6, 6.07) is 3.95. The first-order valence-electron chi connectivity index (χ1n) is 7.83. The zero-order chi connectivity index (χ0) is 18.2. The van der Waals surface area contributed by atoms with Crippen molar-refractivity contribution in [3.05, 3.63) is 53.0 Å². The van der Waals surface area contributed by atoms with Gasteiger partial charge in [0.05, 0.1) is 18.3 Å². The molecule has 0 bridgehead atoms. The number of ether oxygens (including phenoxy) is 1. The first-order valence-corrected chi connectivity index (χ1v) is 7.83. The van der Waals surface area contributed by atoms with Crippen molar-refractivity contribution >= 4 is 5.97 Å². The van der Waals surface area contributed by atoms with E-state index in [1.54, 1.807) is 0 Å². The molecule has 0 atom stereocenters. The Bertz CT molecular complexity index is 809. The second-order valence-electron chi connectivity index (χ2n) is 6.07. The number of methoxy groups -OCH3 is 1. The summed E-state index contributed by atoms with van der Waals surface area (Å²) in [6.07, 6.45) is 2.35. The first-order chi connectivity index (χ1) is 11.9. The van der Waals surface area contributed by atoms with Gasteiger partial charge in [0, 0.05) is 0 Å². The number of esters is 1. The van der Waals surface area contributed by atoms with E-state index in [0.717, 1.165) is 44.2 Å². The average molecular weight is 351 g/mol. The lowest BCUT2D eigenvalue weighted by atomic mass is 9.90. The number of pyridine rings is 1. The molecule has 0 radical (unpaired) electrons. The Labute approximate surface area is 142 Å². The van der Waals surface area contributed by atoms with Gasteiger partial charge in [-0.3, -0.25) is 0 Å². The lowest BCUT2D eigenvalue weighted by Gasteiger charge is -2.23. The van der Waals surface area contributed by atoms with Crippen LogP contribution < -0.4 is 0 Å². The van der Waals surface area contributed by atoms with E-state index in [1.807, 2.05) is 0 Å². The van der Waals surface area contributed by atoms with Gasteiger partial charge in [0.25, 0.3) is 0 Å². The van der Waals surface area contributed by atoms with Crippen molar-refractivity contribution in [3.8, 4) is 11.3 Å². The number of rotatable bonds is 3. The van der Waals surface area contributed by atoms with Gasteiger partial charge >= 0.3 is 5.97 Å². The van der Waals surface area contributed by atoms with Crippen molar-refractivity contribution in [3.63, 3.8) is 0 Å². The molecule has 0 spiro atoms. The lowest BCUT2D eigenvalue weighted by molar-refractivity contribution is 0.0438. The van der Waals surface area contributed by atoms with Crippen LogP contribution in [0.3, 0.4) is 0 Å². The maximum Gasteiger partial charge on any atom is 0.356 e. The van der Waals surface area contributed by atoms with Crippen LogP contribution in [-0.4, -0.2) is 23.2 Å². The maximum atomic E-state index is 14.5. The maximum absolute atomic E-state index is 14.5. The molecule has 3 rings (SSSR count). The van der Waals surface area contributed by atoms with Crippen LogP contribution in [0.5, 0.6) is 0 Å². The third kappa shape index (κ3) is 3.11. The van der Waals surface area contributed by atoms with Gasteiger partial charge in [-0.05, 0) is 42.7 Å². The highest BCUT2D eigenvalue weighted by Gasteiger charge is 2.35. The van der Waals surface area contributed by atoms with Crippen LogP contribution in [0.2, 0.25) is 0 Å². The molecule has 2 aromatic rings. The summed E-state index contributed by atoms with van der Waals surface area (Å²) in [6.45, 7) is 0. The van der Waals surface area contributed by atoms with Crippen molar-refractivity contribution in [2.75, 3.05) is 7.11 Å². The smallest absolute Gasteiger partial charge is 0.356 e. The molecule has 1 aliphatic rings. The van der Waals surface area contributed by atoms with Crippen molar-refractivity contribution in [1.82, 2.24) is 4.98 Å². The molecule has 0 unspecified atom stereocenters. The highest BCUT2D eigenvalue weighted by atomic mass is 19.1. The van der Waals surface area contributed by atoms with E-state index in [4.69, 9.17) is 0 Å². The largest absolute Gasteiger partial charge is 0.464 e. The number of hydrogen-bond donors (Lipinski definition) is 1. The van der Waals surface area contributed by atoms with E-state index in [1.165, 1.54) is 0 Å². The van der Waals surface area contributed by atoms with Crippen LogP contribution in [-0.2, 0) is 10.3 Å². The molecule has 1 saturated carbocycles. The molecule has 1 aliphatic carbocycles. The predicted molar refractivity (Wildman–Crippen MR) is 83.3 cm³/mol. The van der Waals surface area contributed by atoms with Crippen LogP contribution in [0.1, 0.15) is 41.7 Å². The van der Waals surface area contributed by atoms with Gasteiger partial charge in [-0.2, -0.15) is 0 Å². The lowest BCUT2D eigenvalue weighted by Crippen LogP contribution is -2.21. The molecule has 1 aromatic carbocycles. The number of nitrogens with zero attached hydrogens (tertiary/aromatic N) is 1. The number of benzene rings is 1. The highest BCUT2D eigenvalue weighted by Crippen LogP contribution is 2.40. The van der Waals surface area contributed by atoms with Gasteiger partial charge in [-0.25, -0.2) is 22.9 Å². The van der Waals surface area contributed by atoms with Crippen LogP contribution >= 0.6 is 0 Å². The molecular weight excluding hydrogens is 335 g/mol. The van der Waals surface area contributed by atoms with E-state index in [0.29, 0.717) is 12.8 Å². The van der Waals surface area contributed by atoms with Gasteiger partial charge in [-0.1, -0.05) is 12.8 Å². The summed E-state index contributed by atoms with van der Waals surface area (Å²) in [5.41, 5.74) is -2.74. The molecule has 4 nitrogen and oxygen atoms in total. The summed E-state index contributed by atoms with van der Waals surface area (Å²) >= 11 is 0. The quantitative estimate of drug-likeness (QED) is 0.857. The number of carbonyl (C=O) groups is 1. The molecule has 1 heterocycles. The Hall–Kier alpha value is -2.41. The normalized spacial score (nSPS) is 16.0. The average Bonchev–Trinajstić information content (AvgIpc) is 3.03. The topological polar surface area (TPSA) is 59.4 Å². The van der Waals surface area contributed by atoms with E-state index in [-0.39, 0.29) is 11.3 Å². The van der Waals surface area contributed by atoms with E-state index in [9.17, 15) is 23.1 Å². The molecule has 7 heteroatoms. The van der Waals surface area contributed by atoms with Crippen molar-refractivity contribution < 1.29 is 27.8 Å². The van der Waals surface area contributed by atoms with Gasteiger partial charge < -0.3 is 9.84 Å². The minimum Gasteiger partial charge on any atom is -0.464 e. The second-order valence-corrected chi connectivity index (χ2v) is 6.07. The van der Waals surface area contributed by atoms with Crippen molar-refractivity contribution in [2.45, 2.75) is 31.3 Å². The van der Waals surface area contributed by atoms with Gasteiger partial charge in [-0.15, -0.1) is 0 Å². The Balaban J connectivity index is 2.11. The third-order valence-electron chi connectivity index (χ3n) is 4.49. The number of hydrogen-bond acceptors (Lipinski definition) is 4. The van der Waals surface area contributed by atoms with Crippen molar-refractivity contribution in [1.29, 1.82) is 0 Å². The zero-order valence-corrected chi connectivity index (χ0v) is 13.5. The molecular formula is C18H16F3NO3. The summed E-state index contributed by atoms with van der Waals surface area (Å²) in [7, 11) is 1.12. The molecule has 25 heavy (non-hydrogen) atoms. The molecule has 1 N–H and O–H groups in total. The van der Waals surface area contributed by atoms with E-state index >= 15 is 0 Å². The van der Waals surface area contributed by atoms with E-state index < -0.39 is 40.3 Å². The predicted octanol–water partition coefficient (Wildman–Crippen LogP) is 3.71. The fourth-order valence-corrected chi connectivity index (χ4v) is 3.15. The van der Waals surface area contributed by atoms with Crippen LogP contribution in [0.4, 0.5) is 13.2 Å². The molecule has 0 saturated heterocycles. The third-order valence-corrected chi connectivity index (χ3v) is 4.49. The Morgan fingerprint density at radius 3 is 2.28 bits per heavy atom. The number of aliphatic hydroxyl groups is 1. The summed E-state index contributed by atoms with van der Waals surface area (Å²) in [5, 5.41) is 10.5. The van der Waals surface area contributed by atoms with Gasteiger partial charge in [0.1, 0.15) is 28.8 Å². The number of aromatic nitrogens is 1. The van der Waals surface area contributed by atoms with Crippen LogP contribution in [0.15, 0.2) is 24.3 Å². The van der Waals surface area contributed by atoms with Crippen molar-refractivity contribution in [2.24, 2.45) is 0 Å². The van der Waals surface area contributed by atoms with Crippen LogP contribution in [0, 0.1) is 17.5 Å². The standard InChI is InChI=1S/C18H16F3NO3/c1-25-17(23)14-5-4-11(19)16(22-14)15-12(20)8-10(9-13(15)21)18(24)6-2-3-7-18/h4-5,8-9,24H,2-3,6-7H2,1H3. The summed E-state index contributed by atoms with van der Waals surface area (Å²) in [4.78, 5) is 15.2. The summed E-state index contributed by atoms with van der Waals surface area (Å²) in [5.74, 6) is -3.93. The van der Waals surface area contributed by atoms with Gasteiger partial charge in [0.2, 0.25) is 0 Å². The van der Waals surface area contributed by atoms with Crippen LogP contribution in [0.25, 0.3) is 11.3 Å². The zero-order valence-electron chi connectivity index (χ0n) is 13.5. The van der Waals surface area contributed by atoms with E-state index in [2.05, 4.69) is 9.72 Å². The molecule has 1 aromatic heterocycles. The molecule has 1 fully saturated rings. The Morgan fingerprint density at radius 2 is 1.72 bits per heavy atom. The monoisotopic (exact) mass is 351 g/mol. The first kappa shape index (κ1) is 17.4. The fourth-order valence-electron chi connectivity index (χ4n) is 3.15. The molecule has 0 aliphatic heterocycles. The van der Waals surface area contributed by atoms with Gasteiger partial charge in [0.15, 0.2) is 0 Å². The summed E-state index contributed by atoms with van der Waals surface area (Å²) < 4.78 is 47.6. The Kier molecular flexibility index (Phi) is 4.51.